The second kappa shape index (κ2) is 7.49. The van der Waals surface area contributed by atoms with Gasteiger partial charge in [0.15, 0.2) is 0 Å². The summed E-state index contributed by atoms with van der Waals surface area (Å²) < 4.78 is 0. The second-order valence-electron chi connectivity index (χ2n) is 1.77. The van der Waals surface area contributed by atoms with Crippen LogP contribution in [0.15, 0.2) is 24.8 Å². The van der Waals surface area contributed by atoms with Crippen molar-refractivity contribution < 1.29 is 19.9 Å². The number of rotatable bonds is 2. The van der Waals surface area contributed by atoms with Crippen LogP contribution in [0, 0.1) is 0 Å². The minimum absolute atomic E-state index is 0.176. The zero-order valence-corrected chi connectivity index (χ0v) is 6.70. The number of carbonyl (C=O) groups is 2. The molecular formula is C7H11NO4. The van der Waals surface area contributed by atoms with Crippen molar-refractivity contribution in [3.05, 3.63) is 24.8 Å². The normalized spacial score (nSPS) is 7.17. The number of aliphatic carboxylic acids is 1. The Morgan fingerprint density at radius 2 is 1.83 bits per heavy atom. The third kappa shape index (κ3) is 11.2. The summed E-state index contributed by atoms with van der Waals surface area (Å²) >= 11 is 0. The Bertz CT molecular complexity index is 183. The molecule has 0 aliphatic heterocycles. The second-order valence-corrected chi connectivity index (χ2v) is 1.77. The van der Waals surface area contributed by atoms with Gasteiger partial charge in [-0.3, -0.25) is 10.0 Å². The summed E-state index contributed by atoms with van der Waals surface area (Å²) in [5.41, 5.74) is 1.53. The zero-order chi connectivity index (χ0) is 10.1. The van der Waals surface area contributed by atoms with Gasteiger partial charge in [0, 0.05) is 5.57 Å². The lowest BCUT2D eigenvalue weighted by atomic mass is 10.4. The highest BCUT2D eigenvalue weighted by Gasteiger charge is 1.90. The smallest absolute Gasteiger partial charge is 0.330 e. The van der Waals surface area contributed by atoms with Gasteiger partial charge >= 0.3 is 5.97 Å². The molecule has 0 aromatic heterocycles. The Kier molecular flexibility index (Phi) is 8.11. The maximum Gasteiger partial charge on any atom is 0.330 e. The maximum absolute atomic E-state index is 9.70. The van der Waals surface area contributed by atoms with Gasteiger partial charge in [-0.2, -0.15) is 0 Å². The molecule has 0 saturated carbocycles. The fraction of sp³-hybridized carbons (Fsp3) is 0.143. The minimum Gasteiger partial charge on any atom is -0.478 e. The lowest BCUT2D eigenvalue weighted by Crippen LogP contribution is -2.14. The summed E-state index contributed by atoms with van der Waals surface area (Å²) in [4.78, 5) is 19.3. The SMILES string of the molecule is C=C(C)C(=O)O.C=CC(=O)NO. The monoisotopic (exact) mass is 173 g/mol. The van der Waals surface area contributed by atoms with Gasteiger partial charge in [-0.1, -0.05) is 13.2 Å². The van der Waals surface area contributed by atoms with E-state index in [1.807, 2.05) is 0 Å². The number of carboxylic acid groups (broad SMARTS) is 1. The molecule has 0 fully saturated rings. The van der Waals surface area contributed by atoms with E-state index < -0.39 is 11.9 Å². The summed E-state index contributed by atoms with van der Waals surface area (Å²) in [6, 6.07) is 0. The number of hydrogen-bond donors (Lipinski definition) is 3. The van der Waals surface area contributed by atoms with Crippen LogP contribution in [0.25, 0.3) is 0 Å². The molecule has 0 heterocycles. The molecule has 0 unspecified atom stereocenters. The highest BCUT2D eigenvalue weighted by molar-refractivity contribution is 5.85. The summed E-state index contributed by atoms with van der Waals surface area (Å²) in [5.74, 6) is -1.52. The van der Waals surface area contributed by atoms with Gasteiger partial charge in [-0.25, -0.2) is 10.3 Å². The highest BCUT2D eigenvalue weighted by atomic mass is 16.5. The lowest BCUT2D eigenvalue weighted by Gasteiger charge is -1.81. The number of carboxylic acids is 1. The van der Waals surface area contributed by atoms with Gasteiger partial charge in [0.05, 0.1) is 0 Å². The van der Waals surface area contributed by atoms with Crippen LogP contribution in [-0.4, -0.2) is 22.2 Å². The number of amides is 1. The predicted octanol–water partition coefficient (Wildman–Crippen LogP) is 0.325. The molecule has 68 valence electrons. The largest absolute Gasteiger partial charge is 0.478 e. The van der Waals surface area contributed by atoms with Crippen LogP contribution in [0.3, 0.4) is 0 Å². The van der Waals surface area contributed by atoms with Gasteiger partial charge in [-0.05, 0) is 13.0 Å². The van der Waals surface area contributed by atoms with E-state index in [1.165, 1.54) is 12.4 Å². The van der Waals surface area contributed by atoms with E-state index in [1.54, 1.807) is 0 Å². The molecule has 0 aromatic carbocycles. The van der Waals surface area contributed by atoms with Crippen LogP contribution in [0.1, 0.15) is 6.92 Å². The molecule has 3 N–H and O–H groups in total. The molecule has 0 spiro atoms. The van der Waals surface area contributed by atoms with Crippen LogP contribution in [0.5, 0.6) is 0 Å². The minimum atomic E-state index is -0.935. The fourth-order valence-electron chi connectivity index (χ4n) is 0.0456. The summed E-state index contributed by atoms with van der Waals surface area (Å²) in [5, 5.41) is 15.6. The molecule has 0 aromatic rings. The molecule has 0 aliphatic rings. The average molecular weight is 173 g/mol. The molecule has 0 aliphatic carbocycles. The van der Waals surface area contributed by atoms with Crippen LogP contribution in [0.2, 0.25) is 0 Å². The average Bonchev–Trinajstić information content (AvgIpc) is 2.04. The van der Waals surface area contributed by atoms with Crippen molar-refractivity contribution in [2.45, 2.75) is 6.92 Å². The van der Waals surface area contributed by atoms with Crippen molar-refractivity contribution in [2.75, 3.05) is 0 Å². The van der Waals surface area contributed by atoms with Gasteiger partial charge < -0.3 is 5.11 Å². The number of carbonyl (C=O) groups excluding carboxylic acids is 1. The fourth-order valence-corrected chi connectivity index (χ4v) is 0.0456. The zero-order valence-electron chi connectivity index (χ0n) is 6.70. The molecule has 5 heteroatoms. The first-order valence-corrected chi connectivity index (χ1v) is 2.91. The standard InChI is InChI=1S/C4H6O2.C3H5NO2/c1-3(2)4(5)6;1-2-3(5)4-6/h1H2,2H3,(H,5,6);2,6H,1H2,(H,4,5). The van der Waals surface area contributed by atoms with Gasteiger partial charge in [0.1, 0.15) is 0 Å². The van der Waals surface area contributed by atoms with E-state index in [0.717, 1.165) is 6.08 Å². The van der Waals surface area contributed by atoms with Crippen molar-refractivity contribution in [1.29, 1.82) is 0 Å². The summed E-state index contributed by atoms with van der Waals surface area (Å²) in [7, 11) is 0. The molecule has 0 atom stereocenters. The Balaban J connectivity index is 0. The Labute approximate surface area is 70.0 Å². The number of hydrogen-bond acceptors (Lipinski definition) is 3. The lowest BCUT2D eigenvalue weighted by molar-refractivity contribution is -0.132. The number of nitrogens with one attached hydrogen (secondary N) is 1. The highest BCUT2D eigenvalue weighted by Crippen LogP contribution is 1.81. The van der Waals surface area contributed by atoms with E-state index in [-0.39, 0.29) is 5.57 Å². The van der Waals surface area contributed by atoms with Gasteiger partial charge in [-0.15, -0.1) is 0 Å². The Hall–Kier alpha value is -1.62. The molecule has 12 heavy (non-hydrogen) atoms. The first-order valence-electron chi connectivity index (χ1n) is 2.91. The third-order valence-electron chi connectivity index (χ3n) is 0.661. The predicted molar refractivity (Wildman–Crippen MR) is 42.6 cm³/mol. The van der Waals surface area contributed by atoms with Crippen molar-refractivity contribution in [3.8, 4) is 0 Å². The quantitative estimate of drug-likeness (QED) is 0.319. The van der Waals surface area contributed by atoms with Crippen LogP contribution >= 0.6 is 0 Å². The van der Waals surface area contributed by atoms with Gasteiger partial charge in [0.2, 0.25) is 0 Å². The van der Waals surface area contributed by atoms with Crippen LogP contribution in [-0.2, 0) is 9.59 Å². The molecule has 0 radical (unpaired) electrons. The summed E-state index contributed by atoms with van der Waals surface area (Å²) in [6.07, 6.45) is 0.972. The van der Waals surface area contributed by atoms with Crippen LogP contribution in [0.4, 0.5) is 0 Å². The molecule has 0 bridgehead atoms. The Morgan fingerprint density at radius 3 is 1.83 bits per heavy atom. The first-order chi connectivity index (χ1) is 5.45. The van der Waals surface area contributed by atoms with E-state index in [2.05, 4.69) is 13.2 Å². The Morgan fingerprint density at radius 1 is 1.50 bits per heavy atom. The van der Waals surface area contributed by atoms with E-state index >= 15 is 0 Å². The van der Waals surface area contributed by atoms with E-state index in [4.69, 9.17) is 10.3 Å². The molecule has 0 saturated heterocycles. The molecule has 5 nitrogen and oxygen atoms in total. The van der Waals surface area contributed by atoms with E-state index in [9.17, 15) is 9.59 Å². The number of hydroxylamine groups is 1. The van der Waals surface area contributed by atoms with Crippen molar-refractivity contribution in [3.63, 3.8) is 0 Å². The first kappa shape index (κ1) is 13.0. The van der Waals surface area contributed by atoms with Crippen LogP contribution < -0.4 is 5.48 Å². The van der Waals surface area contributed by atoms with Crippen molar-refractivity contribution >= 4 is 11.9 Å². The topological polar surface area (TPSA) is 86.6 Å². The third-order valence-corrected chi connectivity index (χ3v) is 0.661. The van der Waals surface area contributed by atoms with Gasteiger partial charge in [0.25, 0.3) is 5.91 Å². The maximum atomic E-state index is 9.70. The van der Waals surface area contributed by atoms with E-state index in [0.29, 0.717) is 0 Å². The van der Waals surface area contributed by atoms with Crippen molar-refractivity contribution in [1.82, 2.24) is 5.48 Å². The summed E-state index contributed by atoms with van der Waals surface area (Å²) in [6.45, 7) is 7.66. The molecule has 0 rings (SSSR count). The molecular weight excluding hydrogens is 162 g/mol. The molecule has 1 amide bonds. The van der Waals surface area contributed by atoms with Crippen molar-refractivity contribution in [2.24, 2.45) is 0 Å².